The highest BCUT2D eigenvalue weighted by Gasteiger charge is 2.41. The van der Waals surface area contributed by atoms with Crippen LogP contribution in [0.5, 0.6) is 0 Å². The van der Waals surface area contributed by atoms with Crippen LogP contribution in [0.25, 0.3) is 0 Å². The monoisotopic (exact) mass is 180 g/mol. The highest BCUT2D eigenvalue weighted by molar-refractivity contribution is 5.09. The maximum absolute atomic E-state index is 10.9. The lowest BCUT2D eigenvalue weighted by Crippen LogP contribution is -1.98. The van der Waals surface area contributed by atoms with E-state index in [1.54, 1.807) is 12.1 Å². The molecule has 2 unspecified atom stereocenters. The third-order valence-corrected chi connectivity index (χ3v) is 2.15. The molecule has 0 radical (unpaired) electrons. The van der Waals surface area contributed by atoms with Crippen molar-refractivity contribution in [2.45, 2.75) is 32.0 Å². The van der Waals surface area contributed by atoms with E-state index in [2.05, 4.69) is 6.92 Å². The molecule has 2 rings (SSSR count). The smallest absolute Gasteiger partial charge is 0.335 e. The molecule has 1 aliphatic rings. The van der Waals surface area contributed by atoms with E-state index in [9.17, 15) is 4.79 Å². The molecule has 13 heavy (non-hydrogen) atoms. The highest BCUT2D eigenvalue weighted by Crippen LogP contribution is 2.40. The van der Waals surface area contributed by atoms with E-state index in [1.165, 1.54) is 6.07 Å². The molecular weight excluding hydrogens is 168 g/mol. The van der Waals surface area contributed by atoms with E-state index in [0.717, 1.165) is 12.8 Å². The predicted octanol–water partition coefficient (Wildman–Crippen LogP) is 1.88. The second kappa shape index (κ2) is 3.34. The van der Waals surface area contributed by atoms with Gasteiger partial charge in [0.15, 0.2) is 0 Å². The summed E-state index contributed by atoms with van der Waals surface area (Å²) >= 11 is 0. The molecule has 1 saturated heterocycles. The van der Waals surface area contributed by atoms with Gasteiger partial charge >= 0.3 is 5.63 Å². The number of hydrogen-bond donors (Lipinski definition) is 0. The summed E-state index contributed by atoms with van der Waals surface area (Å²) < 4.78 is 10.4. The molecule has 0 saturated carbocycles. The fraction of sp³-hybridized carbons (Fsp3) is 0.500. The van der Waals surface area contributed by atoms with Crippen LogP contribution in [0.1, 0.15) is 31.6 Å². The Kier molecular flexibility index (Phi) is 2.19. The van der Waals surface area contributed by atoms with Gasteiger partial charge in [0, 0.05) is 6.07 Å². The summed E-state index contributed by atoms with van der Waals surface area (Å²) in [6, 6.07) is 4.90. The van der Waals surface area contributed by atoms with Gasteiger partial charge in [0.2, 0.25) is 0 Å². The zero-order valence-electron chi connectivity index (χ0n) is 7.53. The summed E-state index contributed by atoms with van der Waals surface area (Å²) in [7, 11) is 0. The molecule has 0 aromatic carbocycles. The van der Waals surface area contributed by atoms with Crippen molar-refractivity contribution in [1.29, 1.82) is 0 Å². The quantitative estimate of drug-likeness (QED) is 0.667. The molecule has 0 bridgehead atoms. The van der Waals surface area contributed by atoms with Crippen LogP contribution in [-0.4, -0.2) is 6.10 Å². The third-order valence-electron chi connectivity index (χ3n) is 2.15. The largest absolute Gasteiger partial charge is 0.425 e. The van der Waals surface area contributed by atoms with Crippen LogP contribution in [-0.2, 0) is 4.74 Å². The first kappa shape index (κ1) is 8.51. The van der Waals surface area contributed by atoms with Gasteiger partial charge in [-0.2, -0.15) is 0 Å². The average molecular weight is 180 g/mol. The van der Waals surface area contributed by atoms with Crippen molar-refractivity contribution >= 4 is 0 Å². The Labute approximate surface area is 76.3 Å². The minimum Gasteiger partial charge on any atom is -0.425 e. The van der Waals surface area contributed by atoms with Gasteiger partial charge in [-0.1, -0.05) is 19.4 Å². The first-order chi connectivity index (χ1) is 6.31. The van der Waals surface area contributed by atoms with Crippen molar-refractivity contribution in [2.24, 2.45) is 0 Å². The van der Waals surface area contributed by atoms with Gasteiger partial charge in [0.1, 0.15) is 11.9 Å². The van der Waals surface area contributed by atoms with Crippen molar-refractivity contribution in [1.82, 2.24) is 0 Å². The molecule has 0 aliphatic carbocycles. The topological polar surface area (TPSA) is 42.7 Å². The first-order valence-electron chi connectivity index (χ1n) is 4.57. The predicted molar refractivity (Wildman–Crippen MR) is 47.5 cm³/mol. The van der Waals surface area contributed by atoms with Gasteiger partial charge < -0.3 is 9.15 Å². The van der Waals surface area contributed by atoms with Crippen LogP contribution >= 0.6 is 0 Å². The minimum absolute atomic E-state index is 0.0221. The molecule has 2 heterocycles. The molecular formula is C10H12O3. The van der Waals surface area contributed by atoms with Gasteiger partial charge in [-0.3, -0.25) is 0 Å². The van der Waals surface area contributed by atoms with E-state index in [-0.39, 0.29) is 17.8 Å². The van der Waals surface area contributed by atoms with E-state index < -0.39 is 0 Å². The molecule has 0 spiro atoms. The lowest BCUT2D eigenvalue weighted by Gasteiger charge is -1.92. The Morgan fingerprint density at radius 2 is 2.31 bits per heavy atom. The maximum atomic E-state index is 10.9. The summed E-state index contributed by atoms with van der Waals surface area (Å²) in [5.41, 5.74) is -0.303. The summed E-state index contributed by atoms with van der Waals surface area (Å²) in [6.45, 7) is 2.11. The Morgan fingerprint density at radius 1 is 1.46 bits per heavy atom. The molecule has 70 valence electrons. The third kappa shape index (κ3) is 1.80. The van der Waals surface area contributed by atoms with Gasteiger partial charge in [0.25, 0.3) is 0 Å². The summed E-state index contributed by atoms with van der Waals surface area (Å²) in [5.74, 6) is 0.658. The first-order valence-corrected chi connectivity index (χ1v) is 4.57. The summed E-state index contributed by atoms with van der Waals surface area (Å²) in [6.07, 6.45) is 2.41. The van der Waals surface area contributed by atoms with Crippen LogP contribution in [0.15, 0.2) is 27.4 Å². The van der Waals surface area contributed by atoms with Crippen LogP contribution in [0.3, 0.4) is 0 Å². The van der Waals surface area contributed by atoms with Crippen LogP contribution < -0.4 is 5.63 Å². The number of hydrogen-bond acceptors (Lipinski definition) is 3. The molecule has 2 atom stereocenters. The average Bonchev–Trinajstić information content (AvgIpc) is 2.85. The van der Waals surface area contributed by atoms with Crippen molar-refractivity contribution in [2.75, 3.05) is 0 Å². The van der Waals surface area contributed by atoms with Crippen molar-refractivity contribution < 1.29 is 9.15 Å². The van der Waals surface area contributed by atoms with Crippen LogP contribution in [0.4, 0.5) is 0 Å². The second-order valence-corrected chi connectivity index (χ2v) is 3.23. The lowest BCUT2D eigenvalue weighted by atomic mass is 10.2. The van der Waals surface area contributed by atoms with E-state index in [4.69, 9.17) is 9.15 Å². The molecule has 3 heteroatoms. The number of epoxide rings is 1. The van der Waals surface area contributed by atoms with Crippen molar-refractivity contribution in [3.8, 4) is 0 Å². The molecule has 1 fully saturated rings. The van der Waals surface area contributed by atoms with Crippen molar-refractivity contribution in [3.05, 3.63) is 34.4 Å². The zero-order valence-corrected chi connectivity index (χ0v) is 7.53. The second-order valence-electron chi connectivity index (χ2n) is 3.23. The Balaban J connectivity index is 2.07. The van der Waals surface area contributed by atoms with E-state index in [1.807, 2.05) is 0 Å². The van der Waals surface area contributed by atoms with E-state index >= 15 is 0 Å². The summed E-state index contributed by atoms with van der Waals surface area (Å²) in [4.78, 5) is 10.9. The fourth-order valence-corrected chi connectivity index (χ4v) is 1.46. The maximum Gasteiger partial charge on any atom is 0.335 e. The lowest BCUT2D eigenvalue weighted by molar-refractivity contribution is 0.333. The van der Waals surface area contributed by atoms with Gasteiger partial charge in [-0.05, 0) is 12.5 Å². The Bertz CT molecular complexity index is 342. The standard InChI is InChI=1S/C10H12O3/c1-2-4-7-10(13-7)8-5-3-6-9(11)12-8/h3,5-7,10H,2,4H2,1H3. The van der Waals surface area contributed by atoms with Gasteiger partial charge in [0.05, 0.1) is 6.10 Å². The van der Waals surface area contributed by atoms with Gasteiger partial charge in [-0.15, -0.1) is 0 Å². The van der Waals surface area contributed by atoms with E-state index in [0.29, 0.717) is 5.76 Å². The zero-order chi connectivity index (χ0) is 9.26. The SMILES string of the molecule is CCCC1OC1c1cccc(=O)o1. The highest BCUT2D eigenvalue weighted by atomic mass is 16.6. The Morgan fingerprint density at radius 3 is 3.00 bits per heavy atom. The number of rotatable bonds is 3. The molecule has 0 amide bonds. The number of ether oxygens (including phenoxy) is 1. The fourth-order valence-electron chi connectivity index (χ4n) is 1.46. The molecule has 1 aromatic heterocycles. The molecule has 1 aromatic rings. The minimum atomic E-state index is -0.303. The van der Waals surface area contributed by atoms with Crippen molar-refractivity contribution in [3.63, 3.8) is 0 Å². The molecule has 0 N–H and O–H groups in total. The normalized spacial score (nSPS) is 25.9. The van der Waals surface area contributed by atoms with Crippen LogP contribution in [0, 0.1) is 0 Å². The van der Waals surface area contributed by atoms with Gasteiger partial charge in [-0.25, -0.2) is 4.79 Å². The summed E-state index contributed by atoms with van der Waals surface area (Å²) in [5, 5.41) is 0. The molecule has 3 nitrogen and oxygen atoms in total. The molecule has 1 aliphatic heterocycles. The van der Waals surface area contributed by atoms with Crippen LogP contribution in [0.2, 0.25) is 0 Å². The Hall–Kier alpha value is -1.09.